The zero-order chi connectivity index (χ0) is 10.9. The Bertz CT molecular complexity index is 349. The first-order valence-corrected chi connectivity index (χ1v) is 3.89. The third-order valence-corrected chi connectivity index (χ3v) is 1.15. The summed E-state index contributed by atoms with van der Waals surface area (Å²) in [6.07, 6.45) is 6.69. The monoisotopic (exact) mass is 208 g/mol. The Hall–Kier alpha value is -2.44. The van der Waals surface area contributed by atoms with Crippen molar-refractivity contribution in [3.8, 4) is 0 Å². The van der Waals surface area contributed by atoms with Crippen molar-refractivity contribution in [1.29, 1.82) is 0 Å². The first-order valence-electron chi connectivity index (χ1n) is 3.89. The normalized spacial score (nSPS) is 8.53. The van der Waals surface area contributed by atoms with Crippen molar-refractivity contribution in [3.05, 3.63) is 37.1 Å². The SMILES string of the molecule is O=C(O)Nc1ccon1.c1cnccn1. The van der Waals surface area contributed by atoms with Crippen LogP contribution < -0.4 is 5.32 Å². The predicted octanol–water partition coefficient (Wildman–Crippen LogP) is 1.24. The molecule has 0 aromatic carbocycles. The van der Waals surface area contributed by atoms with E-state index >= 15 is 0 Å². The van der Waals surface area contributed by atoms with Crippen LogP contribution in [0.4, 0.5) is 10.6 Å². The van der Waals surface area contributed by atoms with Crippen LogP contribution >= 0.6 is 0 Å². The second kappa shape index (κ2) is 6.08. The van der Waals surface area contributed by atoms with Crippen LogP contribution in [0, 0.1) is 0 Å². The summed E-state index contributed by atoms with van der Waals surface area (Å²) in [5.41, 5.74) is 0. The van der Waals surface area contributed by atoms with E-state index in [1.807, 2.05) is 5.32 Å². The van der Waals surface area contributed by atoms with E-state index in [1.54, 1.807) is 24.8 Å². The molecule has 2 aromatic rings. The Kier molecular flexibility index (Phi) is 4.31. The highest BCUT2D eigenvalue weighted by molar-refractivity contribution is 5.81. The van der Waals surface area contributed by atoms with Gasteiger partial charge in [0.25, 0.3) is 0 Å². The summed E-state index contributed by atoms with van der Waals surface area (Å²) in [5, 5.41) is 13.4. The number of nitrogens with one attached hydrogen (secondary N) is 1. The van der Waals surface area contributed by atoms with Gasteiger partial charge in [-0.15, -0.1) is 0 Å². The number of amides is 1. The van der Waals surface area contributed by atoms with Crippen LogP contribution in [-0.2, 0) is 0 Å². The molecule has 15 heavy (non-hydrogen) atoms. The molecule has 0 atom stereocenters. The van der Waals surface area contributed by atoms with Crippen molar-refractivity contribution >= 4 is 11.9 Å². The van der Waals surface area contributed by atoms with Crippen LogP contribution in [0.3, 0.4) is 0 Å². The second-order valence-corrected chi connectivity index (χ2v) is 2.21. The molecule has 2 rings (SSSR count). The van der Waals surface area contributed by atoms with Gasteiger partial charge >= 0.3 is 6.09 Å². The summed E-state index contributed by atoms with van der Waals surface area (Å²) in [4.78, 5) is 17.3. The Balaban J connectivity index is 0.000000162. The first-order chi connectivity index (χ1) is 7.29. The van der Waals surface area contributed by atoms with Crippen LogP contribution in [0.2, 0.25) is 0 Å². The summed E-state index contributed by atoms with van der Waals surface area (Å²) < 4.78 is 4.34. The lowest BCUT2D eigenvalue weighted by Crippen LogP contribution is -2.06. The Labute approximate surface area is 84.8 Å². The molecular formula is C8H8N4O3. The molecule has 0 fully saturated rings. The molecule has 0 aliphatic heterocycles. The van der Waals surface area contributed by atoms with Gasteiger partial charge in [0.2, 0.25) is 0 Å². The predicted molar refractivity (Wildman–Crippen MR) is 50.2 cm³/mol. The van der Waals surface area contributed by atoms with Crippen molar-refractivity contribution < 1.29 is 14.4 Å². The van der Waals surface area contributed by atoms with E-state index in [0.717, 1.165) is 0 Å². The standard InChI is InChI=1S/C4H4N2O3.C4H4N2/c7-4(8)5-3-1-2-9-6-3;1-2-6-4-3-5-1/h1-2H,(H,5,6)(H,7,8);1-4H. The number of anilines is 1. The van der Waals surface area contributed by atoms with Crippen molar-refractivity contribution in [3.63, 3.8) is 0 Å². The Morgan fingerprint density at radius 1 is 1.27 bits per heavy atom. The van der Waals surface area contributed by atoms with E-state index in [-0.39, 0.29) is 5.82 Å². The lowest BCUT2D eigenvalue weighted by atomic mass is 10.6. The maximum atomic E-state index is 9.87. The molecule has 2 aromatic heterocycles. The molecular weight excluding hydrogens is 200 g/mol. The molecule has 78 valence electrons. The third kappa shape index (κ3) is 4.98. The van der Waals surface area contributed by atoms with Gasteiger partial charge in [0, 0.05) is 30.9 Å². The minimum absolute atomic E-state index is 0.197. The van der Waals surface area contributed by atoms with Crippen molar-refractivity contribution in [1.82, 2.24) is 15.1 Å². The number of carbonyl (C=O) groups is 1. The van der Waals surface area contributed by atoms with Gasteiger partial charge in [-0.25, -0.2) is 4.79 Å². The maximum absolute atomic E-state index is 9.87. The largest absolute Gasteiger partial charge is 0.465 e. The highest BCUT2D eigenvalue weighted by atomic mass is 16.5. The fourth-order valence-corrected chi connectivity index (χ4v) is 0.640. The third-order valence-electron chi connectivity index (χ3n) is 1.15. The number of nitrogens with zero attached hydrogens (tertiary/aromatic N) is 3. The molecule has 0 bridgehead atoms. The smallest absolute Gasteiger partial charge is 0.410 e. The van der Waals surface area contributed by atoms with Gasteiger partial charge in [0.1, 0.15) is 6.26 Å². The van der Waals surface area contributed by atoms with Crippen LogP contribution in [0.15, 0.2) is 41.6 Å². The maximum Gasteiger partial charge on any atom is 0.410 e. The molecule has 0 aliphatic carbocycles. The lowest BCUT2D eigenvalue weighted by Gasteiger charge is -1.88. The fourth-order valence-electron chi connectivity index (χ4n) is 0.640. The van der Waals surface area contributed by atoms with Crippen molar-refractivity contribution in [2.24, 2.45) is 0 Å². The Morgan fingerprint density at radius 3 is 2.20 bits per heavy atom. The number of hydrogen-bond donors (Lipinski definition) is 2. The summed E-state index contributed by atoms with van der Waals surface area (Å²) >= 11 is 0. The van der Waals surface area contributed by atoms with Gasteiger partial charge in [-0.3, -0.25) is 15.3 Å². The number of hydrogen-bond acceptors (Lipinski definition) is 5. The zero-order valence-electron chi connectivity index (χ0n) is 7.57. The summed E-state index contributed by atoms with van der Waals surface area (Å²) in [6, 6.07) is 1.41. The molecule has 0 aliphatic rings. The van der Waals surface area contributed by atoms with Crippen LogP contribution in [0.5, 0.6) is 0 Å². The highest BCUT2D eigenvalue weighted by Gasteiger charge is 1.97. The van der Waals surface area contributed by atoms with E-state index < -0.39 is 6.09 Å². The molecule has 0 unspecified atom stereocenters. The van der Waals surface area contributed by atoms with Crippen LogP contribution in [0.25, 0.3) is 0 Å². The van der Waals surface area contributed by atoms with Gasteiger partial charge in [0.05, 0.1) is 0 Å². The number of rotatable bonds is 1. The molecule has 0 spiro atoms. The first kappa shape index (κ1) is 10.6. The van der Waals surface area contributed by atoms with Crippen molar-refractivity contribution in [2.75, 3.05) is 5.32 Å². The summed E-state index contributed by atoms with van der Waals surface area (Å²) in [5.74, 6) is 0.197. The van der Waals surface area contributed by atoms with Gasteiger partial charge in [-0.1, -0.05) is 5.16 Å². The number of carboxylic acid groups (broad SMARTS) is 1. The van der Waals surface area contributed by atoms with Crippen molar-refractivity contribution in [2.45, 2.75) is 0 Å². The van der Waals surface area contributed by atoms with E-state index in [1.165, 1.54) is 12.3 Å². The average Bonchev–Trinajstić information content (AvgIpc) is 2.73. The average molecular weight is 208 g/mol. The molecule has 0 saturated carbocycles. The van der Waals surface area contributed by atoms with Crippen LogP contribution in [0.1, 0.15) is 0 Å². The summed E-state index contributed by atoms with van der Waals surface area (Å²) in [6.45, 7) is 0. The lowest BCUT2D eigenvalue weighted by molar-refractivity contribution is 0.209. The fraction of sp³-hybridized carbons (Fsp3) is 0. The molecule has 0 radical (unpaired) electrons. The van der Waals surface area contributed by atoms with E-state index in [4.69, 9.17) is 5.11 Å². The van der Waals surface area contributed by atoms with E-state index in [0.29, 0.717) is 0 Å². The van der Waals surface area contributed by atoms with E-state index in [9.17, 15) is 4.79 Å². The van der Waals surface area contributed by atoms with E-state index in [2.05, 4.69) is 19.6 Å². The van der Waals surface area contributed by atoms with Crippen LogP contribution in [-0.4, -0.2) is 26.3 Å². The highest BCUT2D eigenvalue weighted by Crippen LogP contribution is 1.99. The van der Waals surface area contributed by atoms with Gasteiger partial charge in [-0.05, 0) is 0 Å². The zero-order valence-corrected chi connectivity index (χ0v) is 7.57. The topological polar surface area (TPSA) is 101 Å². The van der Waals surface area contributed by atoms with Gasteiger partial charge in [-0.2, -0.15) is 0 Å². The van der Waals surface area contributed by atoms with Gasteiger partial charge < -0.3 is 9.63 Å². The molecule has 2 N–H and O–H groups in total. The second-order valence-electron chi connectivity index (χ2n) is 2.21. The Morgan fingerprint density at radius 2 is 1.87 bits per heavy atom. The minimum Gasteiger partial charge on any atom is -0.465 e. The molecule has 7 heteroatoms. The minimum atomic E-state index is -1.15. The number of aromatic nitrogens is 3. The molecule has 2 heterocycles. The summed E-state index contributed by atoms with van der Waals surface area (Å²) in [7, 11) is 0. The molecule has 1 amide bonds. The quantitative estimate of drug-likeness (QED) is 0.731. The molecule has 7 nitrogen and oxygen atoms in total. The molecule has 0 saturated heterocycles. The van der Waals surface area contributed by atoms with Gasteiger partial charge in [0.15, 0.2) is 5.82 Å².